The number of rotatable bonds is 4. The molecule has 0 saturated heterocycles. The van der Waals surface area contributed by atoms with Crippen molar-refractivity contribution in [3.05, 3.63) is 14.5 Å². The Balaban J connectivity index is 3.61. The molecule has 16 heavy (non-hydrogen) atoms. The summed E-state index contributed by atoms with van der Waals surface area (Å²) in [5.41, 5.74) is 0.648. The van der Waals surface area contributed by atoms with Crippen molar-refractivity contribution in [2.24, 2.45) is 0 Å². The van der Waals surface area contributed by atoms with E-state index in [-0.39, 0.29) is 6.61 Å². The van der Waals surface area contributed by atoms with Gasteiger partial charge in [0.1, 0.15) is 0 Å². The fraction of sp³-hybridized carbons (Fsp3) is 0.400. The van der Waals surface area contributed by atoms with Crippen molar-refractivity contribution in [1.29, 1.82) is 0 Å². The van der Waals surface area contributed by atoms with E-state index in [1.165, 1.54) is 21.3 Å². The maximum absolute atomic E-state index is 9.29. The van der Waals surface area contributed by atoms with Crippen LogP contribution in [0.2, 0.25) is 0 Å². The number of ether oxygens (including phenoxy) is 3. The molecule has 1 aromatic rings. The summed E-state index contributed by atoms with van der Waals surface area (Å²) in [6, 6.07) is 0. The minimum absolute atomic E-state index is 0.141. The van der Waals surface area contributed by atoms with E-state index < -0.39 is 0 Å². The first-order valence-electron chi connectivity index (χ1n) is 4.38. The molecule has 1 aromatic carbocycles. The summed E-state index contributed by atoms with van der Waals surface area (Å²) in [5.74, 6) is 1.46. The van der Waals surface area contributed by atoms with Gasteiger partial charge in [0, 0.05) is 5.56 Å². The largest absolute Gasteiger partial charge is 0.492 e. The quantitative estimate of drug-likeness (QED) is 0.902. The highest BCUT2D eigenvalue weighted by atomic mass is 79.9. The minimum atomic E-state index is -0.141. The van der Waals surface area contributed by atoms with Crippen molar-refractivity contribution >= 4 is 31.9 Å². The number of aliphatic hydroxyl groups is 1. The van der Waals surface area contributed by atoms with Crippen molar-refractivity contribution in [1.82, 2.24) is 0 Å². The van der Waals surface area contributed by atoms with Crippen molar-refractivity contribution in [3.8, 4) is 17.2 Å². The smallest absolute Gasteiger partial charge is 0.205 e. The van der Waals surface area contributed by atoms with E-state index in [0.29, 0.717) is 31.8 Å². The first kappa shape index (κ1) is 13.6. The van der Waals surface area contributed by atoms with Gasteiger partial charge in [-0.1, -0.05) is 0 Å². The molecule has 0 aliphatic heterocycles. The molecule has 1 rings (SSSR count). The summed E-state index contributed by atoms with van der Waals surface area (Å²) in [6.07, 6.45) is 0. The van der Waals surface area contributed by atoms with Gasteiger partial charge in [-0.2, -0.15) is 0 Å². The number of methoxy groups -OCH3 is 3. The van der Waals surface area contributed by atoms with Crippen LogP contribution in [0.15, 0.2) is 8.95 Å². The van der Waals surface area contributed by atoms with Crippen LogP contribution >= 0.6 is 31.9 Å². The van der Waals surface area contributed by atoms with Crippen LogP contribution in [0.3, 0.4) is 0 Å². The second kappa shape index (κ2) is 5.75. The maximum Gasteiger partial charge on any atom is 0.205 e. The zero-order chi connectivity index (χ0) is 12.3. The zero-order valence-corrected chi connectivity index (χ0v) is 12.3. The third kappa shape index (κ3) is 2.14. The molecule has 0 aliphatic carbocycles. The molecule has 0 aliphatic rings. The molecular formula is C10H12Br2O4. The Morgan fingerprint density at radius 2 is 1.25 bits per heavy atom. The van der Waals surface area contributed by atoms with Crippen LogP contribution in [0.1, 0.15) is 5.56 Å². The topological polar surface area (TPSA) is 47.9 Å². The van der Waals surface area contributed by atoms with Crippen LogP contribution in [0.4, 0.5) is 0 Å². The van der Waals surface area contributed by atoms with Gasteiger partial charge in [0.25, 0.3) is 0 Å². The molecule has 1 N–H and O–H groups in total. The molecule has 0 spiro atoms. The van der Waals surface area contributed by atoms with Crippen molar-refractivity contribution in [3.63, 3.8) is 0 Å². The van der Waals surface area contributed by atoms with Gasteiger partial charge < -0.3 is 19.3 Å². The van der Waals surface area contributed by atoms with Crippen molar-refractivity contribution in [2.75, 3.05) is 21.3 Å². The second-order valence-corrected chi connectivity index (χ2v) is 4.45. The first-order valence-corrected chi connectivity index (χ1v) is 5.97. The van der Waals surface area contributed by atoms with Gasteiger partial charge >= 0.3 is 0 Å². The Morgan fingerprint density at radius 3 is 1.50 bits per heavy atom. The molecule has 0 unspecified atom stereocenters. The Morgan fingerprint density at radius 1 is 0.875 bits per heavy atom. The molecule has 0 aromatic heterocycles. The van der Waals surface area contributed by atoms with E-state index in [0.717, 1.165) is 0 Å². The van der Waals surface area contributed by atoms with Gasteiger partial charge in [0.05, 0.1) is 36.9 Å². The molecule has 0 atom stereocenters. The molecular weight excluding hydrogens is 344 g/mol. The molecule has 4 nitrogen and oxygen atoms in total. The lowest BCUT2D eigenvalue weighted by atomic mass is 10.2. The molecule has 0 fully saturated rings. The van der Waals surface area contributed by atoms with E-state index in [9.17, 15) is 5.11 Å². The fourth-order valence-corrected chi connectivity index (χ4v) is 2.96. The number of halogens is 2. The molecule has 0 bridgehead atoms. The molecule has 0 heterocycles. The van der Waals surface area contributed by atoms with Crippen LogP contribution in [0, 0.1) is 0 Å². The Bertz CT molecular complexity index is 362. The van der Waals surface area contributed by atoms with Crippen molar-refractivity contribution in [2.45, 2.75) is 6.61 Å². The van der Waals surface area contributed by atoms with Gasteiger partial charge in [-0.05, 0) is 31.9 Å². The minimum Gasteiger partial charge on any atom is -0.492 e. The van der Waals surface area contributed by atoms with E-state index in [1.807, 2.05) is 0 Å². The third-order valence-electron chi connectivity index (χ3n) is 2.11. The summed E-state index contributed by atoms with van der Waals surface area (Å²) < 4.78 is 17.0. The molecule has 6 heteroatoms. The SMILES string of the molecule is COc1c(Br)c(CO)c(Br)c(OC)c1OC. The Labute approximate surface area is 111 Å². The van der Waals surface area contributed by atoms with Crippen molar-refractivity contribution < 1.29 is 19.3 Å². The summed E-state index contributed by atoms with van der Waals surface area (Å²) in [7, 11) is 4.58. The standard InChI is InChI=1S/C10H12Br2O4/c1-14-8-6(11)5(4-13)7(12)9(15-2)10(8)16-3/h13H,4H2,1-3H3. The lowest BCUT2D eigenvalue weighted by Gasteiger charge is -2.18. The van der Waals surface area contributed by atoms with Gasteiger partial charge in [-0.15, -0.1) is 0 Å². The predicted molar refractivity (Wildman–Crippen MR) is 67.4 cm³/mol. The van der Waals surface area contributed by atoms with Crippen LogP contribution in [-0.4, -0.2) is 26.4 Å². The first-order chi connectivity index (χ1) is 7.62. The molecule has 90 valence electrons. The average molecular weight is 356 g/mol. The maximum atomic E-state index is 9.29. The number of hydrogen-bond donors (Lipinski definition) is 1. The lowest BCUT2D eigenvalue weighted by Crippen LogP contribution is -2.00. The normalized spacial score (nSPS) is 10.1. The summed E-state index contributed by atoms with van der Waals surface area (Å²) >= 11 is 6.71. The van der Waals surface area contributed by atoms with Gasteiger partial charge in [-0.3, -0.25) is 0 Å². The lowest BCUT2D eigenvalue weighted by molar-refractivity contribution is 0.275. The van der Waals surface area contributed by atoms with E-state index >= 15 is 0 Å². The van der Waals surface area contributed by atoms with Crippen LogP contribution in [-0.2, 0) is 6.61 Å². The Kier molecular flexibility index (Phi) is 4.89. The van der Waals surface area contributed by atoms with Gasteiger partial charge in [0.15, 0.2) is 11.5 Å². The van der Waals surface area contributed by atoms with Gasteiger partial charge in [-0.25, -0.2) is 0 Å². The number of benzene rings is 1. The van der Waals surface area contributed by atoms with Crippen LogP contribution in [0.25, 0.3) is 0 Å². The molecule has 0 saturated carbocycles. The number of aliphatic hydroxyl groups excluding tert-OH is 1. The van der Waals surface area contributed by atoms with Gasteiger partial charge in [0.2, 0.25) is 5.75 Å². The molecule has 0 radical (unpaired) electrons. The summed E-state index contributed by atoms with van der Waals surface area (Å²) in [4.78, 5) is 0. The third-order valence-corrected chi connectivity index (χ3v) is 3.79. The van der Waals surface area contributed by atoms with Crippen LogP contribution in [0.5, 0.6) is 17.2 Å². The predicted octanol–water partition coefficient (Wildman–Crippen LogP) is 2.73. The second-order valence-electron chi connectivity index (χ2n) is 2.86. The fourth-order valence-electron chi connectivity index (χ4n) is 1.36. The Hall–Kier alpha value is -0.460. The zero-order valence-electron chi connectivity index (χ0n) is 9.13. The highest BCUT2D eigenvalue weighted by molar-refractivity contribution is 9.11. The molecule has 0 amide bonds. The summed E-state index contributed by atoms with van der Waals surface area (Å²) in [6.45, 7) is -0.141. The van der Waals surface area contributed by atoms with E-state index in [2.05, 4.69) is 31.9 Å². The number of hydrogen-bond acceptors (Lipinski definition) is 4. The highest BCUT2D eigenvalue weighted by Crippen LogP contribution is 2.49. The summed E-state index contributed by atoms with van der Waals surface area (Å²) in [5, 5.41) is 9.29. The van der Waals surface area contributed by atoms with E-state index in [1.54, 1.807) is 0 Å². The van der Waals surface area contributed by atoms with E-state index in [4.69, 9.17) is 14.2 Å². The average Bonchev–Trinajstić information content (AvgIpc) is 2.29. The monoisotopic (exact) mass is 354 g/mol. The van der Waals surface area contributed by atoms with Crippen LogP contribution < -0.4 is 14.2 Å². The highest BCUT2D eigenvalue weighted by Gasteiger charge is 2.23.